The summed E-state index contributed by atoms with van der Waals surface area (Å²) >= 11 is 0. The van der Waals surface area contributed by atoms with E-state index in [1.165, 1.54) is 24.0 Å². The van der Waals surface area contributed by atoms with Crippen LogP contribution in [0.1, 0.15) is 29.8 Å². The third-order valence-corrected chi connectivity index (χ3v) is 5.47. The summed E-state index contributed by atoms with van der Waals surface area (Å²) in [5.74, 6) is 1.81. The highest BCUT2D eigenvalue weighted by Crippen LogP contribution is 2.47. The molecule has 3 aromatic rings. The van der Waals surface area contributed by atoms with Crippen LogP contribution in [0.25, 0.3) is 0 Å². The predicted molar refractivity (Wildman–Crippen MR) is 129 cm³/mol. The van der Waals surface area contributed by atoms with Crippen molar-refractivity contribution in [1.29, 1.82) is 0 Å². The molecule has 1 saturated carbocycles. The Hall–Kier alpha value is -2.35. The standard InChI is InChI=1S/C23H27N5.HI/c1-24-22(27-18-23(12-13-23)20-10-6-3-7-11-20)26-16-21-25-14-15-28(21)17-19-8-4-2-5-9-19;/h2-11,14-15H,12-13,16-18H2,1H3,(H2,24,26,27);1H. The number of nitrogens with zero attached hydrogens (tertiary/aromatic N) is 3. The average Bonchev–Trinajstić information content (AvgIpc) is 3.42. The van der Waals surface area contributed by atoms with Crippen LogP contribution in [0.4, 0.5) is 0 Å². The highest BCUT2D eigenvalue weighted by atomic mass is 127. The highest BCUT2D eigenvalue weighted by Gasteiger charge is 2.43. The van der Waals surface area contributed by atoms with Gasteiger partial charge in [0.2, 0.25) is 0 Å². The quantitative estimate of drug-likeness (QED) is 0.293. The molecule has 2 N–H and O–H groups in total. The summed E-state index contributed by atoms with van der Waals surface area (Å²) in [6.07, 6.45) is 6.32. The van der Waals surface area contributed by atoms with Crippen molar-refractivity contribution >= 4 is 29.9 Å². The van der Waals surface area contributed by atoms with E-state index in [4.69, 9.17) is 0 Å². The molecule has 0 aliphatic heterocycles. The van der Waals surface area contributed by atoms with Crippen LogP contribution in [0.2, 0.25) is 0 Å². The second kappa shape index (κ2) is 9.91. The zero-order valence-electron chi connectivity index (χ0n) is 16.7. The molecule has 0 spiro atoms. The molecule has 6 heteroatoms. The van der Waals surface area contributed by atoms with E-state index in [1.54, 1.807) is 0 Å². The molecule has 0 unspecified atom stereocenters. The summed E-state index contributed by atoms with van der Waals surface area (Å²) in [7, 11) is 1.81. The van der Waals surface area contributed by atoms with Crippen LogP contribution in [-0.2, 0) is 18.5 Å². The van der Waals surface area contributed by atoms with Crippen molar-refractivity contribution in [3.8, 4) is 0 Å². The first-order valence-corrected chi connectivity index (χ1v) is 9.83. The topological polar surface area (TPSA) is 54.2 Å². The first kappa shape index (κ1) is 21.4. The van der Waals surface area contributed by atoms with Crippen molar-refractivity contribution in [2.75, 3.05) is 13.6 Å². The SMILES string of the molecule is CN=C(NCc1nccn1Cc1ccccc1)NCC1(c2ccccc2)CC1.I. The first-order chi connectivity index (χ1) is 13.8. The number of imidazole rings is 1. The van der Waals surface area contributed by atoms with Crippen LogP contribution in [-0.4, -0.2) is 29.1 Å². The molecule has 29 heavy (non-hydrogen) atoms. The van der Waals surface area contributed by atoms with Gasteiger partial charge in [0.25, 0.3) is 0 Å². The number of guanidine groups is 1. The molecule has 1 heterocycles. The Labute approximate surface area is 189 Å². The van der Waals surface area contributed by atoms with Crippen LogP contribution in [0, 0.1) is 0 Å². The second-order valence-corrected chi connectivity index (χ2v) is 7.38. The van der Waals surface area contributed by atoms with Gasteiger partial charge in [-0.15, -0.1) is 24.0 Å². The van der Waals surface area contributed by atoms with Gasteiger partial charge in [-0.05, 0) is 24.0 Å². The van der Waals surface area contributed by atoms with E-state index in [2.05, 4.69) is 79.8 Å². The molecule has 1 aromatic heterocycles. The molecular weight excluding hydrogens is 473 g/mol. The number of aromatic nitrogens is 2. The lowest BCUT2D eigenvalue weighted by atomic mass is 9.96. The zero-order valence-corrected chi connectivity index (χ0v) is 19.0. The molecular formula is C23H28IN5. The molecule has 152 valence electrons. The number of hydrogen-bond donors (Lipinski definition) is 2. The van der Waals surface area contributed by atoms with E-state index in [0.29, 0.717) is 6.54 Å². The van der Waals surface area contributed by atoms with Crippen LogP contribution < -0.4 is 10.6 Å². The number of halogens is 1. The van der Waals surface area contributed by atoms with Crippen LogP contribution in [0.3, 0.4) is 0 Å². The molecule has 5 nitrogen and oxygen atoms in total. The van der Waals surface area contributed by atoms with Crippen LogP contribution >= 0.6 is 24.0 Å². The fourth-order valence-electron chi connectivity index (χ4n) is 3.58. The summed E-state index contributed by atoms with van der Waals surface area (Å²) in [5, 5.41) is 6.91. The molecule has 2 aromatic carbocycles. The lowest BCUT2D eigenvalue weighted by Gasteiger charge is -2.19. The minimum absolute atomic E-state index is 0. The second-order valence-electron chi connectivity index (χ2n) is 7.38. The Kier molecular flexibility index (Phi) is 7.30. The Balaban J connectivity index is 0.00000240. The summed E-state index contributed by atoms with van der Waals surface area (Å²) in [6, 6.07) is 21.2. The summed E-state index contributed by atoms with van der Waals surface area (Å²) < 4.78 is 2.17. The molecule has 4 rings (SSSR count). The Bertz CT molecular complexity index is 917. The minimum atomic E-state index is 0. The van der Waals surface area contributed by atoms with Crippen molar-refractivity contribution in [1.82, 2.24) is 20.2 Å². The monoisotopic (exact) mass is 501 g/mol. The van der Waals surface area contributed by atoms with Crippen LogP contribution in [0.15, 0.2) is 78.0 Å². The third-order valence-electron chi connectivity index (χ3n) is 5.47. The van der Waals surface area contributed by atoms with Gasteiger partial charge in [-0.25, -0.2) is 4.98 Å². The number of hydrogen-bond acceptors (Lipinski definition) is 2. The Morgan fingerprint density at radius 2 is 1.72 bits per heavy atom. The molecule has 1 aliphatic carbocycles. The van der Waals surface area contributed by atoms with E-state index >= 15 is 0 Å². The predicted octanol–water partition coefficient (Wildman–Crippen LogP) is 3.95. The van der Waals surface area contributed by atoms with Crippen molar-refractivity contribution in [2.24, 2.45) is 4.99 Å². The smallest absolute Gasteiger partial charge is 0.191 e. The maximum Gasteiger partial charge on any atom is 0.191 e. The van der Waals surface area contributed by atoms with E-state index < -0.39 is 0 Å². The van der Waals surface area contributed by atoms with Gasteiger partial charge in [0.15, 0.2) is 5.96 Å². The van der Waals surface area contributed by atoms with Gasteiger partial charge < -0.3 is 15.2 Å². The van der Waals surface area contributed by atoms with E-state index in [9.17, 15) is 0 Å². The number of nitrogens with one attached hydrogen (secondary N) is 2. The van der Waals surface area contributed by atoms with E-state index in [-0.39, 0.29) is 29.4 Å². The normalized spacial score (nSPS) is 14.7. The van der Waals surface area contributed by atoms with Crippen molar-refractivity contribution < 1.29 is 0 Å². The molecule has 0 atom stereocenters. The number of benzene rings is 2. The van der Waals surface area contributed by atoms with E-state index in [0.717, 1.165) is 24.9 Å². The molecule has 0 radical (unpaired) electrons. The van der Waals surface area contributed by atoms with Gasteiger partial charge in [0, 0.05) is 37.9 Å². The molecule has 0 bridgehead atoms. The molecule has 0 saturated heterocycles. The lowest BCUT2D eigenvalue weighted by molar-refractivity contribution is 0.636. The fourth-order valence-corrected chi connectivity index (χ4v) is 3.58. The molecule has 0 amide bonds. The maximum absolute atomic E-state index is 4.51. The van der Waals surface area contributed by atoms with Crippen molar-refractivity contribution in [2.45, 2.75) is 31.3 Å². The average molecular weight is 501 g/mol. The maximum atomic E-state index is 4.51. The Morgan fingerprint density at radius 1 is 1.03 bits per heavy atom. The third kappa shape index (κ3) is 5.38. The summed E-state index contributed by atoms with van der Waals surface area (Å²) in [4.78, 5) is 8.89. The van der Waals surface area contributed by atoms with Crippen LogP contribution in [0.5, 0.6) is 0 Å². The van der Waals surface area contributed by atoms with Gasteiger partial charge >= 0.3 is 0 Å². The highest BCUT2D eigenvalue weighted by molar-refractivity contribution is 14.0. The molecule has 1 aliphatic rings. The first-order valence-electron chi connectivity index (χ1n) is 9.83. The van der Waals surface area contributed by atoms with Crippen molar-refractivity contribution in [3.63, 3.8) is 0 Å². The van der Waals surface area contributed by atoms with Gasteiger partial charge in [0.05, 0.1) is 6.54 Å². The number of aliphatic imine (C=N–C) groups is 1. The molecule has 1 fully saturated rings. The summed E-state index contributed by atoms with van der Waals surface area (Å²) in [5.41, 5.74) is 2.93. The Morgan fingerprint density at radius 3 is 2.38 bits per heavy atom. The van der Waals surface area contributed by atoms with Gasteiger partial charge in [-0.1, -0.05) is 60.7 Å². The van der Waals surface area contributed by atoms with Gasteiger partial charge in [-0.2, -0.15) is 0 Å². The fraction of sp³-hybridized carbons (Fsp3) is 0.304. The zero-order chi connectivity index (χ0) is 19.2. The lowest BCUT2D eigenvalue weighted by Crippen LogP contribution is -2.41. The largest absolute Gasteiger partial charge is 0.356 e. The minimum Gasteiger partial charge on any atom is -0.356 e. The van der Waals surface area contributed by atoms with Gasteiger partial charge in [-0.3, -0.25) is 4.99 Å². The number of rotatable bonds is 7. The summed E-state index contributed by atoms with van der Waals surface area (Å²) in [6.45, 7) is 2.36. The van der Waals surface area contributed by atoms with Crippen molar-refractivity contribution in [3.05, 3.63) is 90.0 Å². The van der Waals surface area contributed by atoms with Gasteiger partial charge in [0.1, 0.15) is 5.82 Å². The van der Waals surface area contributed by atoms with E-state index in [1.807, 2.05) is 25.5 Å².